The van der Waals surface area contributed by atoms with Gasteiger partial charge in [0.05, 0.1) is 17.6 Å². The lowest BCUT2D eigenvalue weighted by atomic mass is 10.2. The van der Waals surface area contributed by atoms with Gasteiger partial charge in [-0.3, -0.25) is 9.59 Å². The zero-order valence-electron chi connectivity index (χ0n) is 10.8. The molecule has 0 aromatic carbocycles. The summed E-state index contributed by atoms with van der Waals surface area (Å²) in [7, 11) is 1.29. The Hall–Kier alpha value is -1.84. The standard InChI is InChI=1S/C13H15NO4S/c1-3-14(8-12(16)18-2)13(17)10-7-11(19-9-10)5-4-6-15/h7,9,15H,3,6,8H2,1-2H3. The molecule has 1 N–H and O–H groups in total. The third-order valence-electron chi connectivity index (χ3n) is 2.35. The number of ether oxygens (including phenoxy) is 1. The maximum absolute atomic E-state index is 12.1. The van der Waals surface area contributed by atoms with Crippen molar-refractivity contribution in [3.05, 3.63) is 21.9 Å². The lowest BCUT2D eigenvalue weighted by Crippen LogP contribution is -2.35. The first kappa shape index (κ1) is 15.2. The van der Waals surface area contributed by atoms with Crippen LogP contribution >= 0.6 is 11.3 Å². The number of aliphatic hydroxyl groups excluding tert-OH is 1. The third-order valence-corrected chi connectivity index (χ3v) is 3.20. The number of nitrogens with zero attached hydrogens (tertiary/aromatic N) is 1. The lowest BCUT2D eigenvalue weighted by Gasteiger charge is -2.18. The van der Waals surface area contributed by atoms with Crippen molar-refractivity contribution in [2.24, 2.45) is 0 Å². The van der Waals surface area contributed by atoms with E-state index in [0.29, 0.717) is 17.0 Å². The molecule has 0 saturated heterocycles. The Morgan fingerprint density at radius 2 is 2.26 bits per heavy atom. The van der Waals surface area contributed by atoms with Gasteiger partial charge < -0.3 is 14.7 Å². The van der Waals surface area contributed by atoms with Crippen molar-refractivity contribution in [1.29, 1.82) is 0 Å². The molecule has 1 aromatic rings. The molecule has 1 rings (SSSR count). The smallest absolute Gasteiger partial charge is 0.325 e. The van der Waals surface area contributed by atoms with Crippen molar-refractivity contribution < 1.29 is 19.4 Å². The second-order valence-electron chi connectivity index (χ2n) is 3.55. The van der Waals surface area contributed by atoms with E-state index >= 15 is 0 Å². The molecule has 1 amide bonds. The summed E-state index contributed by atoms with van der Waals surface area (Å²) >= 11 is 1.32. The molecule has 0 aliphatic heterocycles. The van der Waals surface area contributed by atoms with Gasteiger partial charge in [-0.15, -0.1) is 11.3 Å². The highest BCUT2D eigenvalue weighted by atomic mass is 32.1. The Bertz CT molecular complexity index is 512. The Morgan fingerprint density at radius 3 is 2.84 bits per heavy atom. The molecule has 0 radical (unpaired) electrons. The van der Waals surface area contributed by atoms with Crippen LogP contribution in [0.4, 0.5) is 0 Å². The molecule has 102 valence electrons. The molecule has 0 atom stereocenters. The minimum Gasteiger partial charge on any atom is -0.468 e. The summed E-state index contributed by atoms with van der Waals surface area (Å²) in [5.74, 6) is 4.56. The predicted octanol–water partition coefficient (Wildman–Crippen LogP) is 0.727. The molecule has 0 saturated carbocycles. The van der Waals surface area contributed by atoms with Gasteiger partial charge in [-0.25, -0.2) is 0 Å². The van der Waals surface area contributed by atoms with Gasteiger partial charge in [-0.2, -0.15) is 0 Å². The van der Waals surface area contributed by atoms with Crippen LogP contribution < -0.4 is 0 Å². The lowest BCUT2D eigenvalue weighted by molar-refractivity contribution is -0.141. The number of carbonyl (C=O) groups excluding carboxylic acids is 2. The summed E-state index contributed by atoms with van der Waals surface area (Å²) in [5, 5.41) is 10.3. The quantitative estimate of drug-likeness (QED) is 0.652. The summed E-state index contributed by atoms with van der Waals surface area (Å²) in [6.07, 6.45) is 0. The zero-order valence-corrected chi connectivity index (χ0v) is 11.6. The van der Waals surface area contributed by atoms with Crippen LogP contribution in [-0.2, 0) is 9.53 Å². The number of esters is 1. The fourth-order valence-corrected chi connectivity index (χ4v) is 2.12. The van der Waals surface area contributed by atoms with Gasteiger partial charge in [0.2, 0.25) is 0 Å². The van der Waals surface area contributed by atoms with E-state index in [4.69, 9.17) is 5.11 Å². The number of aliphatic hydroxyl groups is 1. The molecular formula is C13H15NO4S. The van der Waals surface area contributed by atoms with Crippen molar-refractivity contribution in [3.8, 4) is 11.8 Å². The van der Waals surface area contributed by atoms with E-state index < -0.39 is 5.97 Å². The summed E-state index contributed by atoms with van der Waals surface area (Å²) < 4.78 is 4.55. The minimum atomic E-state index is -0.453. The summed E-state index contributed by atoms with van der Waals surface area (Å²) in [6, 6.07) is 1.65. The number of methoxy groups -OCH3 is 1. The van der Waals surface area contributed by atoms with Crippen LogP contribution in [0.15, 0.2) is 11.4 Å². The van der Waals surface area contributed by atoms with Crippen molar-refractivity contribution in [2.75, 3.05) is 26.8 Å². The Kier molecular flexibility index (Phi) is 6.06. The SMILES string of the molecule is CCN(CC(=O)OC)C(=O)c1csc(C#CCO)c1. The monoisotopic (exact) mass is 281 g/mol. The van der Waals surface area contributed by atoms with Crippen LogP contribution in [0.25, 0.3) is 0 Å². The molecule has 19 heavy (non-hydrogen) atoms. The van der Waals surface area contributed by atoms with E-state index in [1.807, 2.05) is 0 Å². The molecule has 5 nitrogen and oxygen atoms in total. The molecule has 0 unspecified atom stereocenters. The van der Waals surface area contributed by atoms with Crippen molar-refractivity contribution >= 4 is 23.2 Å². The summed E-state index contributed by atoms with van der Waals surface area (Å²) in [5.41, 5.74) is 0.484. The first-order valence-corrected chi connectivity index (χ1v) is 6.54. The zero-order chi connectivity index (χ0) is 14.3. The van der Waals surface area contributed by atoms with E-state index in [1.165, 1.54) is 23.3 Å². The van der Waals surface area contributed by atoms with Gasteiger partial charge in [0.1, 0.15) is 13.2 Å². The molecule has 0 spiro atoms. The maximum atomic E-state index is 12.1. The minimum absolute atomic E-state index is 0.0701. The van der Waals surface area contributed by atoms with Crippen LogP contribution in [0.3, 0.4) is 0 Å². The van der Waals surface area contributed by atoms with Crippen LogP contribution in [0.5, 0.6) is 0 Å². The number of rotatable bonds is 4. The van der Waals surface area contributed by atoms with Crippen LogP contribution in [0.2, 0.25) is 0 Å². The molecule has 0 aliphatic rings. The molecule has 1 heterocycles. The molecule has 0 aliphatic carbocycles. The second-order valence-corrected chi connectivity index (χ2v) is 4.47. The van der Waals surface area contributed by atoms with Crippen molar-refractivity contribution in [2.45, 2.75) is 6.92 Å². The van der Waals surface area contributed by atoms with Crippen molar-refractivity contribution in [1.82, 2.24) is 4.90 Å². The predicted molar refractivity (Wildman–Crippen MR) is 71.9 cm³/mol. The largest absolute Gasteiger partial charge is 0.468 e. The molecule has 0 fully saturated rings. The molecule has 6 heteroatoms. The van der Waals surface area contributed by atoms with Crippen LogP contribution in [0.1, 0.15) is 22.2 Å². The first-order chi connectivity index (χ1) is 9.12. The van der Waals surface area contributed by atoms with Gasteiger partial charge in [0.25, 0.3) is 5.91 Å². The van der Waals surface area contributed by atoms with Gasteiger partial charge in [-0.1, -0.05) is 11.8 Å². The Labute approximate surface area is 115 Å². The van der Waals surface area contributed by atoms with E-state index in [1.54, 1.807) is 18.4 Å². The molecule has 0 bridgehead atoms. The fourth-order valence-electron chi connectivity index (χ4n) is 1.37. The van der Waals surface area contributed by atoms with E-state index in [0.717, 1.165) is 0 Å². The normalized spacial score (nSPS) is 9.42. The highest BCUT2D eigenvalue weighted by molar-refractivity contribution is 7.10. The maximum Gasteiger partial charge on any atom is 0.325 e. The number of thiophene rings is 1. The van der Waals surface area contributed by atoms with Gasteiger partial charge in [0, 0.05) is 11.9 Å². The average molecular weight is 281 g/mol. The number of amides is 1. The molecule has 1 aromatic heterocycles. The van der Waals surface area contributed by atoms with Gasteiger partial charge in [-0.05, 0) is 13.0 Å². The van der Waals surface area contributed by atoms with E-state index in [-0.39, 0.29) is 19.1 Å². The molecular weight excluding hydrogens is 266 g/mol. The second kappa shape index (κ2) is 7.56. The summed E-state index contributed by atoms with van der Waals surface area (Å²) in [4.78, 5) is 25.4. The number of likely N-dealkylation sites (N-methyl/N-ethyl adjacent to an activating group) is 1. The van der Waals surface area contributed by atoms with Crippen LogP contribution in [-0.4, -0.2) is 48.7 Å². The first-order valence-electron chi connectivity index (χ1n) is 5.66. The Balaban J connectivity index is 2.80. The van der Waals surface area contributed by atoms with E-state index in [9.17, 15) is 9.59 Å². The summed E-state index contributed by atoms with van der Waals surface area (Å²) in [6.45, 7) is 1.92. The number of hydrogen-bond acceptors (Lipinski definition) is 5. The average Bonchev–Trinajstić information content (AvgIpc) is 2.90. The van der Waals surface area contributed by atoms with Gasteiger partial charge >= 0.3 is 5.97 Å². The highest BCUT2D eigenvalue weighted by Crippen LogP contribution is 2.15. The topological polar surface area (TPSA) is 66.8 Å². The van der Waals surface area contributed by atoms with Crippen LogP contribution in [0, 0.1) is 11.8 Å². The Morgan fingerprint density at radius 1 is 1.53 bits per heavy atom. The van der Waals surface area contributed by atoms with E-state index in [2.05, 4.69) is 16.6 Å². The number of hydrogen-bond donors (Lipinski definition) is 1. The van der Waals surface area contributed by atoms with Gasteiger partial charge in [0.15, 0.2) is 0 Å². The van der Waals surface area contributed by atoms with Crippen molar-refractivity contribution in [3.63, 3.8) is 0 Å². The number of carbonyl (C=O) groups is 2. The third kappa shape index (κ3) is 4.39. The fraction of sp³-hybridized carbons (Fsp3) is 0.385. The highest BCUT2D eigenvalue weighted by Gasteiger charge is 2.18.